The summed E-state index contributed by atoms with van der Waals surface area (Å²) in [7, 11) is 1.57. The predicted octanol–water partition coefficient (Wildman–Crippen LogP) is 3.14. The number of phenols is 1. The van der Waals surface area contributed by atoms with E-state index < -0.39 is 17.7 Å². The standard InChI is InChI=1S/C21H29NO6/c1-5-28-17-12-14(7-8-15(17)23)19-18(16(24)11-13(2)3)20(25)21(26)22(19)9-6-10-27-4/h7-8,12-13,19,23,25H,5-6,9-11H2,1-4H3. The van der Waals surface area contributed by atoms with Crippen molar-refractivity contribution in [2.24, 2.45) is 5.92 Å². The minimum Gasteiger partial charge on any atom is -0.504 e. The molecule has 7 heteroatoms. The van der Waals surface area contributed by atoms with Gasteiger partial charge in [-0.1, -0.05) is 19.9 Å². The van der Waals surface area contributed by atoms with Crippen molar-refractivity contribution in [1.82, 2.24) is 4.90 Å². The number of rotatable bonds is 10. The lowest BCUT2D eigenvalue weighted by molar-refractivity contribution is -0.129. The molecule has 0 aliphatic carbocycles. The number of hydrogen-bond acceptors (Lipinski definition) is 6. The van der Waals surface area contributed by atoms with Crippen LogP contribution in [0.4, 0.5) is 0 Å². The minimum absolute atomic E-state index is 0.0240. The molecule has 1 aromatic rings. The summed E-state index contributed by atoms with van der Waals surface area (Å²) in [6, 6.07) is 4.00. The van der Waals surface area contributed by atoms with Gasteiger partial charge in [0.1, 0.15) is 0 Å². The van der Waals surface area contributed by atoms with Gasteiger partial charge in [0.2, 0.25) is 0 Å². The second kappa shape index (κ2) is 9.59. The Morgan fingerprint density at radius 3 is 2.61 bits per heavy atom. The van der Waals surface area contributed by atoms with E-state index in [1.54, 1.807) is 26.2 Å². The monoisotopic (exact) mass is 391 g/mol. The normalized spacial score (nSPS) is 17.0. The molecule has 2 rings (SSSR count). The Morgan fingerprint density at radius 2 is 2.00 bits per heavy atom. The van der Waals surface area contributed by atoms with Gasteiger partial charge in [-0.25, -0.2) is 0 Å². The van der Waals surface area contributed by atoms with Crippen LogP contribution >= 0.6 is 0 Å². The Hall–Kier alpha value is -2.54. The average molecular weight is 391 g/mol. The SMILES string of the molecule is CCOc1cc(C2C(C(=O)CC(C)C)=C(O)C(=O)N2CCCOC)ccc1O. The van der Waals surface area contributed by atoms with E-state index in [0.29, 0.717) is 31.7 Å². The van der Waals surface area contributed by atoms with Gasteiger partial charge in [-0.3, -0.25) is 9.59 Å². The number of aliphatic hydroxyl groups excluding tert-OH is 1. The molecule has 0 fully saturated rings. The molecule has 0 aromatic heterocycles. The van der Waals surface area contributed by atoms with Gasteiger partial charge in [0.25, 0.3) is 5.91 Å². The second-order valence-electron chi connectivity index (χ2n) is 7.19. The number of aliphatic hydroxyl groups is 1. The highest BCUT2D eigenvalue weighted by molar-refractivity contribution is 6.09. The Balaban J connectivity index is 2.49. The number of ketones is 1. The van der Waals surface area contributed by atoms with E-state index in [1.807, 2.05) is 13.8 Å². The Kier molecular flexibility index (Phi) is 7.45. The molecule has 0 saturated carbocycles. The zero-order chi connectivity index (χ0) is 20.8. The smallest absolute Gasteiger partial charge is 0.290 e. The van der Waals surface area contributed by atoms with Crippen LogP contribution in [0.1, 0.15) is 45.2 Å². The molecule has 1 atom stereocenters. The first-order valence-electron chi connectivity index (χ1n) is 9.53. The van der Waals surface area contributed by atoms with Gasteiger partial charge < -0.3 is 24.6 Å². The van der Waals surface area contributed by atoms with Crippen molar-refractivity contribution in [3.05, 3.63) is 35.1 Å². The van der Waals surface area contributed by atoms with Crippen LogP contribution < -0.4 is 4.74 Å². The van der Waals surface area contributed by atoms with E-state index in [-0.39, 0.29) is 35.2 Å². The topological polar surface area (TPSA) is 96.3 Å². The van der Waals surface area contributed by atoms with Crippen molar-refractivity contribution in [1.29, 1.82) is 0 Å². The number of methoxy groups -OCH3 is 1. The number of hydrogen-bond donors (Lipinski definition) is 2. The van der Waals surface area contributed by atoms with Crippen LogP contribution in [0.3, 0.4) is 0 Å². The van der Waals surface area contributed by atoms with Crippen LogP contribution in [0.2, 0.25) is 0 Å². The van der Waals surface area contributed by atoms with Gasteiger partial charge in [-0.15, -0.1) is 0 Å². The van der Waals surface area contributed by atoms with E-state index in [0.717, 1.165) is 0 Å². The summed E-state index contributed by atoms with van der Waals surface area (Å²) in [6.45, 7) is 6.75. The van der Waals surface area contributed by atoms with Crippen molar-refractivity contribution in [3.63, 3.8) is 0 Å². The fourth-order valence-electron chi connectivity index (χ4n) is 3.35. The predicted molar refractivity (Wildman–Crippen MR) is 104 cm³/mol. The van der Waals surface area contributed by atoms with E-state index in [2.05, 4.69) is 0 Å². The summed E-state index contributed by atoms with van der Waals surface area (Å²) in [5, 5.41) is 20.5. The number of phenolic OH excluding ortho intramolecular Hbond substituents is 1. The van der Waals surface area contributed by atoms with Crippen LogP contribution in [0.15, 0.2) is 29.5 Å². The lowest BCUT2D eigenvalue weighted by Gasteiger charge is -2.27. The lowest BCUT2D eigenvalue weighted by Crippen LogP contribution is -2.32. The number of aromatic hydroxyl groups is 1. The maximum Gasteiger partial charge on any atom is 0.290 e. The van der Waals surface area contributed by atoms with E-state index >= 15 is 0 Å². The third-order valence-electron chi connectivity index (χ3n) is 4.54. The molecule has 1 aromatic carbocycles. The van der Waals surface area contributed by atoms with Crippen LogP contribution in [-0.4, -0.2) is 53.7 Å². The van der Waals surface area contributed by atoms with Crippen molar-refractivity contribution >= 4 is 11.7 Å². The van der Waals surface area contributed by atoms with E-state index in [1.165, 1.54) is 11.0 Å². The maximum absolute atomic E-state index is 12.8. The van der Waals surface area contributed by atoms with Gasteiger partial charge in [-0.05, 0) is 37.0 Å². The third kappa shape index (κ3) is 4.65. The average Bonchev–Trinajstić information content (AvgIpc) is 2.88. The third-order valence-corrected chi connectivity index (χ3v) is 4.54. The fourth-order valence-corrected chi connectivity index (χ4v) is 3.35. The Morgan fingerprint density at radius 1 is 1.29 bits per heavy atom. The van der Waals surface area contributed by atoms with Gasteiger partial charge in [0.15, 0.2) is 23.0 Å². The summed E-state index contributed by atoms with van der Waals surface area (Å²) < 4.78 is 10.5. The van der Waals surface area contributed by atoms with Gasteiger partial charge in [-0.2, -0.15) is 0 Å². The van der Waals surface area contributed by atoms with Gasteiger partial charge in [0.05, 0.1) is 18.2 Å². The van der Waals surface area contributed by atoms with E-state index in [4.69, 9.17) is 9.47 Å². The lowest BCUT2D eigenvalue weighted by atomic mass is 9.92. The van der Waals surface area contributed by atoms with Crippen LogP contribution in [0.25, 0.3) is 0 Å². The van der Waals surface area contributed by atoms with Crippen LogP contribution in [0.5, 0.6) is 11.5 Å². The van der Waals surface area contributed by atoms with Gasteiger partial charge >= 0.3 is 0 Å². The summed E-state index contributed by atoms with van der Waals surface area (Å²) in [5.74, 6) is -0.996. The highest BCUT2D eigenvalue weighted by atomic mass is 16.5. The highest BCUT2D eigenvalue weighted by Crippen LogP contribution is 2.41. The molecule has 28 heavy (non-hydrogen) atoms. The zero-order valence-corrected chi connectivity index (χ0v) is 16.9. The van der Waals surface area contributed by atoms with Crippen molar-refractivity contribution in [2.45, 2.75) is 39.7 Å². The van der Waals surface area contributed by atoms with E-state index in [9.17, 15) is 19.8 Å². The molecule has 1 unspecified atom stereocenters. The first-order chi connectivity index (χ1) is 13.3. The van der Waals surface area contributed by atoms with Crippen LogP contribution in [0, 0.1) is 5.92 Å². The molecule has 0 saturated heterocycles. The number of nitrogens with zero attached hydrogens (tertiary/aromatic N) is 1. The number of benzene rings is 1. The van der Waals surface area contributed by atoms with Crippen molar-refractivity contribution in [2.75, 3.05) is 26.9 Å². The van der Waals surface area contributed by atoms with Crippen molar-refractivity contribution < 1.29 is 29.3 Å². The quantitative estimate of drug-likeness (QED) is 0.595. The first kappa shape index (κ1) is 21.8. The molecule has 1 amide bonds. The second-order valence-corrected chi connectivity index (χ2v) is 7.19. The summed E-state index contributed by atoms with van der Waals surface area (Å²) in [6.07, 6.45) is 0.791. The number of Topliss-reactive ketones (excluding diaryl/α,β-unsaturated/α-hetero) is 1. The number of carbonyl (C=O) groups is 2. The first-order valence-corrected chi connectivity index (χ1v) is 9.53. The van der Waals surface area contributed by atoms with Gasteiger partial charge in [0, 0.05) is 26.7 Å². The molecule has 2 N–H and O–H groups in total. The molecule has 1 aliphatic heterocycles. The number of ether oxygens (including phenoxy) is 2. The number of amides is 1. The molecule has 0 bridgehead atoms. The number of carbonyl (C=O) groups excluding carboxylic acids is 2. The summed E-state index contributed by atoms with van der Waals surface area (Å²) >= 11 is 0. The molecule has 1 aliphatic rings. The van der Waals surface area contributed by atoms with Crippen molar-refractivity contribution in [3.8, 4) is 11.5 Å². The summed E-state index contributed by atoms with van der Waals surface area (Å²) in [5.41, 5.74) is 0.701. The molecule has 0 spiro atoms. The molecule has 7 nitrogen and oxygen atoms in total. The maximum atomic E-state index is 12.8. The molecule has 0 radical (unpaired) electrons. The summed E-state index contributed by atoms with van der Waals surface area (Å²) in [4.78, 5) is 27.0. The fraction of sp³-hybridized carbons (Fsp3) is 0.524. The van der Waals surface area contributed by atoms with Crippen LogP contribution in [-0.2, 0) is 14.3 Å². The molecular weight excluding hydrogens is 362 g/mol. The molecule has 1 heterocycles. The highest BCUT2D eigenvalue weighted by Gasteiger charge is 2.43. The largest absolute Gasteiger partial charge is 0.504 e. The minimum atomic E-state index is -0.726. The molecule has 154 valence electrons. The Labute approximate surface area is 165 Å². The zero-order valence-electron chi connectivity index (χ0n) is 16.9. The molecular formula is C21H29NO6. The Bertz CT molecular complexity index is 755.